The van der Waals surface area contributed by atoms with Gasteiger partial charge in [-0.05, 0) is 24.3 Å². The van der Waals surface area contributed by atoms with Gasteiger partial charge < -0.3 is 14.4 Å². The second-order valence-corrected chi connectivity index (χ2v) is 6.40. The molecule has 0 saturated carbocycles. The van der Waals surface area contributed by atoms with E-state index in [1.165, 1.54) is 35.2 Å². The molecular formula is C19H13ClFNO4. The third kappa shape index (κ3) is 2.41. The molecule has 1 aromatic heterocycles. The maximum atomic E-state index is 14.4. The molecule has 3 aromatic rings. The van der Waals surface area contributed by atoms with Crippen LogP contribution in [-0.4, -0.2) is 29.1 Å². The Morgan fingerprint density at radius 3 is 2.69 bits per heavy atom. The lowest BCUT2D eigenvalue weighted by atomic mass is 9.98. The molecule has 0 spiro atoms. The fourth-order valence-corrected chi connectivity index (χ4v) is 3.52. The van der Waals surface area contributed by atoms with Gasteiger partial charge in [0.05, 0.1) is 23.6 Å². The van der Waals surface area contributed by atoms with Crippen molar-refractivity contribution in [1.29, 1.82) is 0 Å². The summed E-state index contributed by atoms with van der Waals surface area (Å²) in [4.78, 5) is 27.1. The Bertz CT molecular complexity index is 1090. The number of β-amino-alcohol motifs (C(OH)–C–C–N with tert-alkyl or cyclic N) is 1. The lowest BCUT2D eigenvalue weighted by Gasteiger charge is -2.24. The molecule has 7 heteroatoms. The van der Waals surface area contributed by atoms with Crippen molar-refractivity contribution in [1.82, 2.24) is 4.90 Å². The molecule has 26 heavy (non-hydrogen) atoms. The average molecular weight is 374 g/mol. The van der Waals surface area contributed by atoms with Crippen molar-refractivity contribution in [2.45, 2.75) is 6.04 Å². The van der Waals surface area contributed by atoms with Gasteiger partial charge in [0.1, 0.15) is 11.4 Å². The minimum Gasteiger partial charge on any atom is -0.450 e. The third-order valence-electron chi connectivity index (χ3n) is 4.47. The lowest BCUT2D eigenvalue weighted by molar-refractivity contribution is 0.0689. The minimum absolute atomic E-state index is 0.0570. The summed E-state index contributed by atoms with van der Waals surface area (Å²) in [6.07, 6.45) is 0. The van der Waals surface area contributed by atoms with Crippen LogP contribution in [0.3, 0.4) is 0 Å². The van der Waals surface area contributed by atoms with Crippen molar-refractivity contribution in [3.05, 3.63) is 80.4 Å². The van der Waals surface area contributed by atoms with Gasteiger partial charge in [-0.1, -0.05) is 29.8 Å². The van der Waals surface area contributed by atoms with E-state index >= 15 is 0 Å². The Balaban J connectivity index is 2.05. The van der Waals surface area contributed by atoms with Crippen LogP contribution in [-0.2, 0) is 0 Å². The number of fused-ring (bicyclic) bond motifs is 2. The topological polar surface area (TPSA) is 70.8 Å². The number of benzene rings is 2. The molecule has 1 aliphatic rings. The Hall–Kier alpha value is -2.70. The molecule has 2 aromatic carbocycles. The van der Waals surface area contributed by atoms with Crippen LogP contribution in [0.2, 0.25) is 5.02 Å². The van der Waals surface area contributed by atoms with Gasteiger partial charge in [-0.2, -0.15) is 0 Å². The highest BCUT2D eigenvalue weighted by atomic mass is 35.5. The second-order valence-electron chi connectivity index (χ2n) is 5.96. The van der Waals surface area contributed by atoms with Gasteiger partial charge in [0, 0.05) is 17.1 Å². The summed E-state index contributed by atoms with van der Waals surface area (Å²) < 4.78 is 20.1. The second kappa shape index (κ2) is 6.23. The van der Waals surface area contributed by atoms with Crippen LogP contribution in [0, 0.1) is 5.82 Å². The largest absolute Gasteiger partial charge is 0.450 e. The zero-order valence-corrected chi connectivity index (χ0v) is 14.2. The first kappa shape index (κ1) is 16.8. The summed E-state index contributed by atoms with van der Waals surface area (Å²) in [6.45, 7) is -0.386. The van der Waals surface area contributed by atoms with E-state index < -0.39 is 23.2 Å². The molecule has 4 rings (SSSR count). The number of carbonyl (C=O) groups is 1. The number of nitrogens with zero attached hydrogens (tertiary/aromatic N) is 1. The van der Waals surface area contributed by atoms with Crippen LogP contribution < -0.4 is 5.43 Å². The summed E-state index contributed by atoms with van der Waals surface area (Å²) in [7, 11) is 0. The smallest absolute Gasteiger partial charge is 0.290 e. The van der Waals surface area contributed by atoms with Gasteiger partial charge in [-0.15, -0.1) is 0 Å². The van der Waals surface area contributed by atoms with Crippen molar-refractivity contribution < 1.29 is 18.7 Å². The molecule has 1 amide bonds. The van der Waals surface area contributed by atoms with Crippen molar-refractivity contribution in [3.63, 3.8) is 0 Å². The minimum atomic E-state index is -0.967. The number of amides is 1. The van der Waals surface area contributed by atoms with Crippen molar-refractivity contribution in [2.75, 3.05) is 13.2 Å². The van der Waals surface area contributed by atoms with E-state index in [2.05, 4.69) is 0 Å². The number of carbonyl (C=O) groups excluding carboxylic acids is 1. The highest BCUT2D eigenvalue weighted by molar-refractivity contribution is 6.31. The molecule has 0 saturated heterocycles. The van der Waals surface area contributed by atoms with Crippen LogP contribution in [0.25, 0.3) is 11.0 Å². The van der Waals surface area contributed by atoms with Crippen LogP contribution in [0.15, 0.2) is 51.7 Å². The zero-order chi connectivity index (χ0) is 18.4. The lowest BCUT2D eigenvalue weighted by Crippen LogP contribution is -2.32. The van der Waals surface area contributed by atoms with Gasteiger partial charge in [-0.25, -0.2) is 4.39 Å². The molecule has 0 radical (unpaired) electrons. The number of halogens is 2. The Kier molecular flexibility index (Phi) is 4.01. The molecule has 0 aliphatic carbocycles. The maximum Gasteiger partial charge on any atom is 0.290 e. The van der Waals surface area contributed by atoms with Crippen LogP contribution in [0.5, 0.6) is 0 Å². The summed E-state index contributed by atoms with van der Waals surface area (Å²) in [5.41, 5.74) is 0.0143. The molecule has 132 valence electrons. The normalized spacial score (nSPS) is 16.3. The number of aliphatic hydroxyl groups excluding tert-OH is 1. The van der Waals surface area contributed by atoms with Crippen molar-refractivity contribution >= 4 is 28.5 Å². The first-order valence-electron chi connectivity index (χ1n) is 7.95. The molecule has 2 heterocycles. The monoisotopic (exact) mass is 373 g/mol. The zero-order valence-electron chi connectivity index (χ0n) is 13.4. The molecule has 5 nitrogen and oxygen atoms in total. The number of hydrogen-bond acceptors (Lipinski definition) is 4. The van der Waals surface area contributed by atoms with E-state index in [-0.39, 0.29) is 41.0 Å². The molecule has 0 fully saturated rings. The number of rotatable bonds is 3. The van der Waals surface area contributed by atoms with E-state index in [1.54, 1.807) is 12.1 Å². The van der Waals surface area contributed by atoms with E-state index in [0.717, 1.165) is 0 Å². The quantitative estimate of drug-likeness (QED) is 0.765. The van der Waals surface area contributed by atoms with E-state index in [4.69, 9.17) is 16.0 Å². The molecule has 0 bridgehead atoms. The SMILES string of the molecule is O=C1c2oc3ccc(Cl)cc3c(=O)c2C(c2ccccc2F)N1CCO. The van der Waals surface area contributed by atoms with Crippen LogP contribution >= 0.6 is 11.6 Å². The standard InChI is InChI=1S/C19H13ClFNO4/c20-10-5-6-14-12(9-10)17(24)15-16(11-3-1-2-4-13(11)21)22(7-8-23)19(25)18(15)26-14/h1-6,9,16,23H,7-8H2. The summed E-state index contributed by atoms with van der Waals surface area (Å²) in [5.74, 6) is -1.24. The first-order chi connectivity index (χ1) is 12.5. The Labute approximate surface area is 152 Å². The molecule has 1 N–H and O–H groups in total. The third-order valence-corrected chi connectivity index (χ3v) is 4.70. The van der Waals surface area contributed by atoms with Gasteiger partial charge in [-0.3, -0.25) is 9.59 Å². The van der Waals surface area contributed by atoms with Crippen LogP contribution in [0.1, 0.15) is 27.7 Å². The Morgan fingerprint density at radius 2 is 1.96 bits per heavy atom. The highest BCUT2D eigenvalue weighted by Gasteiger charge is 2.43. The molecule has 1 atom stereocenters. The summed E-state index contributed by atoms with van der Waals surface area (Å²) >= 11 is 5.98. The fraction of sp³-hybridized carbons (Fsp3) is 0.158. The van der Waals surface area contributed by atoms with E-state index in [9.17, 15) is 19.1 Å². The molecule has 1 aliphatic heterocycles. The van der Waals surface area contributed by atoms with E-state index in [1.807, 2.05) is 0 Å². The fourth-order valence-electron chi connectivity index (χ4n) is 3.35. The first-order valence-corrected chi connectivity index (χ1v) is 8.33. The van der Waals surface area contributed by atoms with Gasteiger partial charge in [0.25, 0.3) is 5.91 Å². The van der Waals surface area contributed by atoms with Crippen LogP contribution in [0.4, 0.5) is 4.39 Å². The van der Waals surface area contributed by atoms with Crippen molar-refractivity contribution in [2.24, 2.45) is 0 Å². The number of hydrogen-bond donors (Lipinski definition) is 1. The summed E-state index contributed by atoms with van der Waals surface area (Å²) in [6, 6.07) is 9.47. The predicted molar refractivity (Wildman–Crippen MR) is 93.9 cm³/mol. The summed E-state index contributed by atoms with van der Waals surface area (Å²) in [5, 5.41) is 9.91. The highest BCUT2D eigenvalue weighted by Crippen LogP contribution is 2.38. The Morgan fingerprint density at radius 1 is 1.19 bits per heavy atom. The molecule has 1 unspecified atom stereocenters. The van der Waals surface area contributed by atoms with E-state index in [0.29, 0.717) is 5.02 Å². The van der Waals surface area contributed by atoms with Gasteiger partial charge in [0.15, 0.2) is 5.43 Å². The van der Waals surface area contributed by atoms with Gasteiger partial charge >= 0.3 is 0 Å². The number of aliphatic hydroxyl groups is 1. The average Bonchev–Trinajstić information content (AvgIpc) is 2.89. The maximum absolute atomic E-state index is 14.4. The van der Waals surface area contributed by atoms with Gasteiger partial charge in [0.2, 0.25) is 5.76 Å². The predicted octanol–water partition coefficient (Wildman–Crippen LogP) is 3.12. The molecular weight excluding hydrogens is 361 g/mol. The van der Waals surface area contributed by atoms with Crippen molar-refractivity contribution in [3.8, 4) is 0 Å².